The Morgan fingerprint density at radius 3 is 2.38 bits per heavy atom. The molecule has 0 amide bonds. The van der Waals surface area contributed by atoms with Crippen LogP contribution in [0.2, 0.25) is 0 Å². The number of rotatable bonds is 3. The van der Waals surface area contributed by atoms with Crippen molar-refractivity contribution in [1.82, 2.24) is 9.88 Å². The molecule has 29 heavy (non-hydrogen) atoms. The second kappa shape index (κ2) is 8.09. The molecule has 6 heteroatoms. The number of fused-ring (bicyclic) bond motifs is 6. The van der Waals surface area contributed by atoms with Crippen molar-refractivity contribution in [3.63, 3.8) is 0 Å². The molecule has 2 aromatic carbocycles. The van der Waals surface area contributed by atoms with Gasteiger partial charge in [0.2, 0.25) is 0 Å². The second-order valence-corrected chi connectivity index (χ2v) is 7.60. The number of carbonyl (C=O) groups is 2. The number of carboxylic acid groups (broad SMARTS) is 2. The summed E-state index contributed by atoms with van der Waals surface area (Å²) in [4.78, 5) is 24.7. The zero-order chi connectivity index (χ0) is 20.4. The Kier molecular flexibility index (Phi) is 5.36. The van der Waals surface area contributed by atoms with E-state index in [-0.39, 0.29) is 0 Å². The number of hydrogen-bond acceptors (Lipinski definition) is 3. The second-order valence-electron chi connectivity index (χ2n) is 7.60. The predicted octanol–water partition coefficient (Wildman–Crippen LogP) is 3.63. The third-order valence-corrected chi connectivity index (χ3v) is 5.93. The van der Waals surface area contributed by atoms with Gasteiger partial charge in [-0.05, 0) is 36.5 Å². The normalized spacial score (nSPS) is 20.0. The fourth-order valence-corrected chi connectivity index (χ4v) is 4.70. The summed E-state index contributed by atoms with van der Waals surface area (Å²) in [5, 5.41) is 16.2. The summed E-state index contributed by atoms with van der Waals surface area (Å²) in [7, 11) is 0. The fraction of sp³-hybridized carbons (Fsp3) is 0.304. The molecule has 2 atom stereocenters. The van der Waals surface area contributed by atoms with Crippen molar-refractivity contribution in [2.24, 2.45) is 0 Å². The molecule has 3 heterocycles. The molecule has 1 aromatic heterocycles. The van der Waals surface area contributed by atoms with Crippen LogP contribution >= 0.6 is 0 Å². The van der Waals surface area contributed by atoms with E-state index in [4.69, 9.17) is 19.8 Å². The van der Waals surface area contributed by atoms with Crippen LogP contribution in [0, 0.1) is 0 Å². The van der Waals surface area contributed by atoms with Crippen LogP contribution in [-0.2, 0) is 22.4 Å². The first kappa shape index (κ1) is 19.2. The summed E-state index contributed by atoms with van der Waals surface area (Å²) in [5.74, 6) is -3.65. The SMILES string of the molecule is O=C(O)C(=O)O.c1ccc(CCN2C3CCC2c2c([nH]c4ccccc24)C3)cc1. The third-order valence-electron chi connectivity index (χ3n) is 5.93. The monoisotopic (exact) mass is 392 g/mol. The fourth-order valence-electron chi connectivity index (χ4n) is 4.70. The van der Waals surface area contributed by atoms with Gasteiger partial charge in [0.15, 0.2) is 0 Å². The Morgan fingerprint density at radius 1 is 0.966 bits per heavy atom. The molecule has 0 aliphatic carbocycles. The molecule has 2 aliphatic heterocycles. The van der Waals surface area contributed by atoms with E-state index in [1.54, 1.807) is 5.56 Å². The van der Waals surface area contributed by atoms with E-state index < -0.39 is 11.9 Å². The zero-order valence-corrected chi connectivity index (χ0v) is 16.0. The molecule has 2 aliphatic rings. The van der Waals surface area contributed by atoms with Crippen LogP contribution in [0.15, 0.2) is 54.6 Å². The van der Waals surface area contributed by atoms with Gasteiger partial charge in [0.1, 0.15) is 0 Å². The lowest BCUT2D eigenvalue weighted by molar-refractivity contribution is -0.159. The summed E-state index contributed by atoms with van der Waals surface area (Å²) in [6, 6.07) is 21.1. The van der Waals surface area contributed by atoms with E-state index in [0.717, 1.165) is 12.5 Å². The van der Waals surface area contributed by atoms with E-state index in [2.05, 4.69) is 64.5 Å². The Bertz CT molecular complexity index is 1020. The highest BCUT2D eigenvalue weighted by molar-refractivity contribution is 6.27. The van der Waals surface area contributed by atoms with Gasteiger partial charge in [0.05, 0.1) is 0 Å². The average Bonchev–Trinajstić information content (AvgIpc) is 3.23. The lowest BCUT2D eigenvalue weighted by Crippen LogP contribution is -2.38. The van der Waals surface area contributed by atoms with Crippen molar-refractivity contribution in [2.45, 2.75) is 37.8 Å². The van der Waals surface area contributed by atoms with Crippen molar-refractivity contribution in [3.8, 4) is 0 Å². The quantitative estimate of drug-likeness (QED) is 0.592. The molecule has 0 radical (unpaired) electrons. The molecule has 5 rings (SSSR count). The average molecular weight is 392 g/mol. The van der Waals surface area contributed by atoms with Crippen molar-refractivity contribution < 1.29 is 19.8 Å². The minimum atomic E-state index is -1.82. The molecule has 2 bridgehead atoms. The smallest absolute Gasteiger partial charge is 0.414 e. The summed E-state index contributed by atoms with van der Waals surface area (Å²) >= 11 is 0. The van der Waals surface area contributed by atoms with Crippen LogP contribution in [0.5, 0.6) is 0 Å². The van der Waals surface area contributed by atoms with Gasteiger partial charge in [-0.2, -0.15) is 0 Å². The van der Waals surface area contributed by atoms with E-state index in [9.17, 15) is 0 Å². The largest absolute Gasteiger partial charge is 0.473 e. The third kappa shape index (κ3) is 3.89. The van der Waals surface area contributed by atoms with Crippen molar-refractivity contribution in [2.75, 3.05) is 6.54 Å². The number of aromatic amines is 1. The van der Waals surface area contributed by atoms with Crippen molar-refractivity contribution in [3.05, 3.63) is 71.4 Å². The number of carboxylic acids is 2. The maximum absolute atomic E-state index is 9.10. The predicted molar refractivity (Wildman–Crippen MR) is 110 cm³/mol. The highest BCUT2D eigenvalue weighted by Gasteiger charge is 2.41. The van der Waals surface area contributed by atoms with Crippen LogP contribution in [0.1, 0.15) is 35.7 Å². The van der Waals surface area contributed by atoms with Gasteiger partial charge in [-0.1, -0.05) is 48.5 Å². The topological polar surface area (TPSA) is 93.6 Å². The van der Waals surface area contributed by atoms with Crippen molar-refractivity contribution in [1.29, 1.82) is 0 Å². The summed E-state index contributed by atoms with van der Waals surface area (Å²) < 4.78 is 0. The number of aromatic nitrogens is 1. The van der Waals surface area contributed by atoms with Gasteiger partial charge < -0.3 is 15.2 Å². The highest BCUT2D eigenvalue weighted by atomic mass is 16.4. The molecule has 6 nitrogen and oxygen atoms in total. The lowest BCUT2D eigenvalue weighted by atomic mass is 9.96. The van der Waals surface area contributed by atoms with Crippen LogP contribution in [0.3, 0.4) is 0 Å². The standard InChI is InChI=1S/C21H22N2.C2H2O4/c1-2-6-15(7-3-1)12-13-23-16-10-11-20(23)21-17-8-4-5-9-18(17)22-19(21)14-16;3-1(4)2(5)6/h1-9,16,20,22H,10-14H2;(H,3,4)(H,5,6). The van der Waals surface area contributed by atoms with Crippen molar-refractivity contribution >= 4 is 22.8 Å². The molecule has 0 saturated carbocycles. The first-order chi connectivity index (χ1) is 14.0. The number of benzene rings is 2. The van der Waals surface area contributed by atoms with Crippen LogP contribution in [-0.4, -0.2) is 44.6 Å². The van der Waals surface area contributed by atoms with Gasteiger partial charge in [0, 0.05) is 41.6 Å². The minimum Gasteiger partial charge on any atom is -0.473 e. The van der Waals surface area contributed by atoms with Crippen LogP contribution < -0.4 is 0 Å². The van der Waals surface area contributed by atoms with Crippen LogP contribution in [0.25, 0.3) is 10.9 Å². The molecule has 3 aromatic rings. The maximum Gasteiger partial charge on any atom is 0.414 e. The molecule has 150 valence electrons. The molecule has 3 N–H and O–H groups in total. The number of aliphatic carboxylic acids is 2. The zero-order valence-electron chi connectivity index (χ0n) is 16.0. The Labute approximate surface area is 168 Å². The van der Waals surface area contributed by atoms with Gasteiger partial charge in [-0.3, -0.25) is 4.90 Å². The number of nitrogens with one attached hydrogen (secondary N) is 1. The first-order valence-corrected chi connectivity index (χ1v) is 9.90. The van der Waals surface area contributed by atoms with Gasteiger partial charge in [-0.15, -0.1) is 0 Å². The Hall–Kier alpha value is -3.12. The number of para-hydroxylation sites is 1. The number of nitrogens with zero attached hydrogens (tertiary/aromatic N) is 1. The molecule has 0 spiro atoms. The highest BCUT2D eigenvalue weighted by Crippen LogP contribution is 2.46. The number of hydrogen-bond donors (Lipinski definition) is 3. The number of H-pyrrole nitrogens is 1. The minimum absolute atomic E-state index is 0.614. The Morgan fingerprint density at radius 2 is 1.66 bits per heavy atom. The van der Waals surface area contributed by atoms with Gasteiger partial charge >= 0.3 is 11.9 Å². The summed E-state index contributed by atoms with van der Waals surface area (Å²) in [6.45, 7) is 1.18. The van der Waals surface area contributed by atoms with E-state index in [1.165, 1.54) is 48.0 Å². The summed E-state index contributed by atoms with van der Waals surface area (Å²) in [6.07, 6.45) is 5.01. The van der Waals surface area contributed by atoms with E-state index >= 15 is 0 Å². The molecule has 1 saturated heterocycles. The van der Waals surface area contributed by atoms with E-state index in [0.29, 0.717) is 6.04 Å². The summed E-state index contributed by atoms with van der Waals surface area (Å²) in [5.41, 5.74) is 5.85. The molecular formula is C23H24N2O4. The molecule has 2 unspecified atom stereocenters. The Balaban J connectivity index is 0.000000302. The molecular weight excluding hydrogens is 368 g/mol. The van der Waals surface area contributed by atoms with Crippen LogP contribution in [0.4, 0.5) is 0 Å². The first-order valence-electron chi connectivity index (χ1n) is 9.90. The molecule has 1 fully saturated rings. The maximum atomic E-state index is 9.10. The lowest BCUT2D eigenvalue weighted by Gasteiger charge is -2.35. The van der Waals surface area contributed by atoms with Gasteiger partial charge in [0.25, 0.3) is 0 Å². The van der Waals surface area contributed by atoms with E-state index in [1.807, 2.05) is 0 Å². The van der Waals surface area contributed by atoms with Gasteiger partial charge in [-0.25, -0.2) is 9.59 Å².